The Hall–Kier alpha value is -2.60. The van der Waals surface area contributed by atoms with Crippen LogP contribution in [0.15, 0.2) is 47.1 Å². The number of hydrogen-bond donors (Lipinski definition) is 0. The summed E-state index contributed by atoms with van der Waals surface area (Å²) in [5, 5.41) is 5.09. The second kappa shape index (κ2) is 6.96. The third kappa shape index (κ3) is 3.24. The van der Waals surface area contributed by atoms with Crippen LogP contribution in [0.1, 0.15) is 11.5 Å². The Morgan fingerprint density at radius 1 is 1.31 bits per heavy atom. The number of carbonyl (C=O) groups is 1. The number of ether oxygens (including phenoxy) is 1. The van der Waals surface area contributed by atoms with Crippen LogP contribution < -0.4 is 0 Å². The van der Waals surface area contributed by atoms with E-state index in [0.717, 1.165) is 28.8 Å². The molecular formula is C20H23N3O3. The van der Waals surface area contributed by atoms with E-state index in [1.54, 1.807) is 7.11 Å². The number of carbonyl (C=O) groups excluding carboxylic acids is 1. The first-order chi connectivity index (χ1) is 12.6. The van der Waals surface area contributed by atoms with Crippen LogP contribution in [0.2, 0.25) is 0 Å². The quantitative estimate of drug-likeness (QED) is 0.707. The van der Waals surface area contributed by atoms with Crippen molar-refractivity contribution in [3.63, 3.8) is 0 Å². The Labute approximate surface area is 152 Å². The molecule has 0 radical (unpaired) electrons. The molecule has 0 unspecified atom stereocenters. The first-order valence-electron chi connectivity index (χ1n) is 8.90. The lowest BCUT2D eigenvalue weighted by Crippen LogP contribution is -2.32. The molecule has 0 spiro atoms. The van der Waals surface area contributed by atoms with E-state index in [0.29, 0.717) is 19.6 Å². The van der Waals surface area contributed by atoms with Crippen LogP contribution in [0.5, 0.6) is 0 Å². The summed E-state index contributed by atoms with van der Waals surface area (Å²) in [6.45, 7) is 3.55. The number of benzene rings is 1. The van der Waals surface area contributed by atoms with Crippen molar-refractivity contribution in [2.45, 2.75) is 26.0 Å². The van der Waals surface area contributed by atoms with Crippen molar-refractivity contribution in [1.82, 2.24) is 14.6 Å². The zero-order valence-electron chi connectivity index (χ0n) is 15.1. The van der Waals surface area contributed by atoms with Crippen molar-refractivity contribution in [3.8, 4) is 0 Å². The molecule has 2 aromatic heterocycles. The molecule has 1 saturated heterocycles. The van der Waals surface area contributed by atoms with Crippen LogP contribution >= 0.6 is 0 Å². The summed E-state index contributed by atoms with van der Waals surface area (Å²) in [5.74, 6) is 1.18. The minimum absolute atomic E-state index is 0.0192. The van der Waals surface area contributed by atoms with Gasteiger partial charge in [0, 0.05) is 50.3 Å². The number of aryl methyl sites for hydroxylation is 1. The fourth-order valence-electron chi connectivity index (χ4n) is 3.80. The zero-order chi connectivity index (χ0) is 18.1. The Morgan fingerprint density at radius 2 is 2.15 bits per heavy atom. The first-order valence-corrected chi connectivity index (χ1v) is 8.90. The van der Waals surface area contributed by atoms with Crippen molar-refractivity contribution < 1.29 is 14.1 Å². The molecule has 3 heterocycles. The highest BCUT2D eigenvalue weighted by Gasteiger charge is 2.36. The maximum atomic E-state index is 12.8. The van der Waals surface area contributed by atoms with Crippen LogP contribution in [-0.4, -0.2) is 46.8 Å². The van der Waals surface area contributed by atoms with Gasteiger partial charge < -0.3 is 18.7 Å². The Kier molecular flexibility index (Phi) is 4.51. The zero-order valence-corrected chi connectivity index (χ0v) is 15.1. The lowest BCUT2D eigenvalue weighted by molar-refractivity contribution is -0.131. The molecule has 6 heteroatoms. The summed E-state index contributed by atoms with van der Waals surface area (Å²) in [7, 11) is 1.71. The highest BCUT2D eigenvalue weighted by atomic mass is 16.5. The van der Waals surface area contributed by atoms with Crippen molar-refractivity contribution in [2.24, 2.45) is 5.92 Å². The van der Waals surface area contributed by atoms with Crippen molar-refractivity contribution in [2.75, 3.05) is 20.2 Å². The van der Waals surface area contributed by atoms with E-state index in [2.05, 4.69) is 11.2 Å². The number of methoxy groups -OCH3 is 1. The van der Waals surface area contributed by atoms with Gasteiger partial charge in [0.25, 0.3) is 0 Å². The summed E-state index contributed by atoms with van der Waals surface area (Å²) in [5.41, 5.74) is 1.96. The van der Waals surface area contributed by atoms with E-state index in [1.807, 2.05) is 52.9 Å². The maximum Gasteiger partial charge on any atom is 0.242 e. The van der Waals surface area contributed by atoms with E-state index in [4.69, 9.17) is 9.26 Å². The van der Waals surface area contributed by atoms with Gasteiger partial charge in [0.2, 0.25) is 5.91 Å². The predicted molar refractivity (Wildman–Crippen MR) is 97.7 cm³/mol. The van der Waals surface area contributed by atoms with E-state index in [9.17, 15) is 4.79 Å². The van der Waals surface area contributed by atoms with Crippen molar-refractivity contribution in [1.29, 1.82) is 0 Å². The molecule has 1 aromatic carbocycles. The van der Waals surface area contributed by atoms with Crippen LogP contribution in [0.4, 0.5) is 0 Å². The molecular weight excluding hydrogens is 330 g/mol. The summed E-state index contributed by atoms with van der Waals surface area (Å²) < 4.78 is 13.0. The fraction of sp³-hybridized carbons (Fsp3) is 0.400. The molecule has 6 nitrogen and oxygen atoms in total. The number of amides is 1. The van der Waals surface area contributed by atoms with Gasteiger partial charge >= 0.3 is 0 Å². The lowest BCUT2D eigenvalue weighted by atomic mass is 10.0. The molecule has 136 valence electrons. The van der Waals surface area contributed by atoms with E-state index < -0.39 is 0 Å². The molecule has 0 saturated carbocycles. The number of aromatic nitrogens is 2. The minimum Gasteiger partial charge on any atom is -0.379 e. The van der Waals surface area contributed by atoms with Gasteiger partial charge in [-0.25, -0.2) is 0 Å². The lowest BCUT2D eigenvalue weighted by Gasteiger charge is -2.17. The third-order valence-corrected chi connectivity index (χ3v) is 5.16. The average molecular weight is 353 g/mol. The Balaban J connectivity index is 1.45. The van der Waals surface area contributed by atoms with Gasteiger partial charge in [-0.15, -0.1) is 0 Å². The molecule has 1 amide bonds. The van der Waals surface area contributed by atoms with Gasteiger partial charge in [0.15, 0.2) is 0 Å². The summed E-state index contributed by atoms with van der Waals surface area (Å²) in [6.07, 6.45) is 2.72. The van der Waals surface area contributed by atoms with E-state index in [1.165, 1.54) is 0 Å². The normalized spacial score (nSPS) is 20.2. The highest BCUT2D eigenvalue weighted by molar-refractivity contribution is 5.83. The molecule has 26 heavy (non-hydrogen) atoms. The largest absolute Gasteiger partial charge is 0.379 e. The molecule has 4 rings (SSSR count). The van der Waals surface area contributed by atoms with Gasteiger partial charge in [-0.2, -0.15) is 0 Å². The summed E-state index contributed by atoms with van der Waals surface area (Å²) in [6, 6.07) is 12.1. The monoisotopic (exact) mass is 353 g/mol. The van der Waals surface area contributed by atoms with Crippen LogP contribution in [0.3, 0.4) is 0 Å². The SMILES string of the molecule is CO[C@H]1CN(C(=O)Cn2ccc3ccccc32)C[C@H]1Cc1cc(C)no1. The highest BCUT2D eigenvalue weighted by Crippen LogP contribution is 2.25. The smallest absolute Gasteiger partial charge is 0.242 e. The van der Waals surface area contributed by atoms with Gasteiger partial charge in [-0.05, 0) is 24.4 Å². The molecule has 0 N–H and O–H groups in total. The van der Waals surface area contributed by atoms with Crippen LogP contribution in [0, 0.1) is 12.8 Å². The van der Waals surface area contributed by atoms with Gasteiger partial charge in [0.1, 0.15) is 12.3 Å². The number of fused-ring (bicyclic) bond motifs is 1. The average Bonchev–Trinajstić information content (AvgIpc) is 3.35. The van der Waals surface area contributed by atoms with E-state index >= 15 is 0 Å². The van der Waals surface area contributed by atoms with Gasteiger partial charge in [0.05, 0.1) is 11.8 Å². The van der Waals surface area contributed by atoms with Crippen molar-refractivity contribution in [3.05, 3.63) is 54.0 Å². The number of nitrogens with zero attached hydrogens (tertiary/aromatic N) is 3. The second-order valence-corrected chi connectivity index (χ2v) is 6.97. The van der Waals surface area contributed by atoms with Crippen molar-refractivity contribution >= 4 is 16.8 Å². The molecule has 3 aromatic rings. The van der Waals surface area contributed by atoms with Crippen LogP contribution in [0.25, 0.3) is 10.9 Å². The standard InChI is InChI=1S/C20H23N3O3/c1-14-9-17(26-21-14)10-16-11-23(12-19(16)25-2)20(24)13-22-8-7-15-5-3-4-6-18(15)22/h3-9,16,19H,10-13H2,1-2H3/t16-,19+/m1/s1. The predicted octanol–water partition coefficient (Wildman–Crippen LogP) is 2.65. The first kappa shape index (κ1) is 16.8. The van der Waals surface area contributed by atoms with Gasteiger partial charge in [-0.1, -0.05) is 23.4 Å². The number of likely N-dealkylation sites (tertiary alicyclic amines) is 1. The number of para-hydroxylation sites is 1. The molecule has 1 aliphatic heterocycles. The topological polar surface area (TPSA) is 60.5 Å². The van der Waals surface area contributed by atoms with E-state index in [-0.39, 0.29) is 17.9 Å². The Bertz CT molecular complexity index is 914. The summed E-state index contributed by atoms with van der Waals surface area (Å²) in [4.78, 5) is 14.7. The molecule has 0 aliphatic carbocycles. The molecule has 2 atom stereocenters. The third-order valence-electron chi connectivity index (χ3n) is 5.16. The molecule has 0 bridgehead atoms. The van der Waals surface area contributed by atoms with Crippen LogP contribution in [-0.2, 0) is 22.5 Å². The number of hydrogen-bond acceptors (Lipinski definition) is 4. The number of rotatable bonds is 5. The van der Waals surface area contributed by atoms with Gasteiger partial charge in [-0.3, -0.25) is 4.79 Å². The Morgan fingerprint density at radius 3 is 2.92 bits per heavy atom. The molecule has 1 fully saturated rings. The maximum absolute atomic E-state index is 12.8. The summed E-state index contributed by atoms with van der Waals surface area (Å²) >= 11 is 0. The second-order valence-electron chi connectivity index (χ2n) is 6.97. The fourth-order valence-corrected chi connectivity index (χ4v) is 3.80. The molecule has 1 aliphatic rings. The minimum atomic E-state index is 0.0192.